The lowest BCUT2D eigenvalue weighted by Crippen LogP contribution is -2.52. The zero-order chi connectivity index (χ0) is 15.4. The Hall–Kier alpha value is -1.62. The Morgan fingerprint density at radius 2 is 2.05 bits per heavy atom. The molecule has 5 nitrogen and oxygen atoms in total. The van der Waals surface area contributed by atoms with Crippen LogP contribution in [0.2, 0.25) is 0 Å². The van der Waals surface area contributed by atoms with Crippen LogP contribution in [-0.4, -0.2) is 53.7 Å². The fourth-order valence-electron chi connectivity index (χ4n) is 3.20. The predicted molar refractivity (Wildman–Crippen MR) is 84.6 cm³/mol. The Labute approximate surface area is 132 Å². The van der Waals surface area contributed by atoms with Crippen molar-refractivity contribution >= 4 is 6.09 Å². The third-order valence-electron chi connectivity index (χ3n) is 4.73. The Morgan fingerprint density at radius 3 is 2.64 bits per heavy atom. The second-order valence-corrected chi connectivity index (χ2v) is 6.19. The number of unbranched alkanes of at least 4 members (excludes halogenated alkanes) is 1. The number of hydrogen-bond donors (Lipinski definition) is 0. The summed E-state index contributed by atoms with van der Waals surface area (Å²) in [5.74, 6) is 0. The van der Waals surface area contributed by atoms with E-state index >= 15 is 0 Å². The molecule has 1 amide bonds. The second kappa shape index (κ2) is 6.65. The number of hydrogen-bond acceptors (Lipinski definition) is 4. The highest BCUT2D eigenvalue weighted by Gasteiger charge is 2.51. The molecule has 120 valence electrons. The first-order valence-corrected chi connectivity index (χ1v) is 8.34. The lowest BCUT2D eigenvalue weighted by Gasteiger charge is -2.39. The van der Waals surface area contributed by atoms with Gasteiger partial charge in [0.1, 0.15) is 0 Å². The molecule has 0 radical (unpaired) electrons. The van der Waals surface area contributed by atoms with Crippen LogP contribution >= 0.6 is 0 Å². The van der Waals surface area contributed by atoms with E-state index in [1.54, 1.807) is 0 Å². The first-order valence-electron chi connectivity index (χ1n) is 8.34. The summed E-state index contributed by atoms with van der Waals surface area (Å²) in [6, 6.07) is 6.14. The molecule has 0 spiro atoms. The molecule has 3 rings (SSSR count). The molecule has 1 aromatic heterocycles. The summed E-state index contributed by atoms with van der Waals surface area (Å²) in [4.78, 5) is 20.9. The topological polar surface area (TPSA) is 45.7 Å². The molecule has 1 saturated heterocycles. The summed E-state index contributed by atoms with van der Waals surface area (Å²) in [5.41, 5.74) is 1.30. The lowest BCUT2D eigenvalue weighted by molar-refractivity contribution is 0.0560. The maximum atomic E-state index is 12.0. The highest BCUT2D eigenvalue weighted by molar-refractivity contribution is 5.67. The molecule has 2 fully saturated rings. The quantitative estimate of drug-likeness (QED) is 0.785. The van der Waals surface area contributed by atoms with Gasteiger partial charge in [0.05, 0.1) is 17.8 Å². The van der Waals surface area contributed by atoms with Gasteiger partial charge >= 0.3 is 6.09 Å². The van der Waals surface area contributed by atoms with Crippen molar-refractivity contribution in [2.75, 3.05) is 32.8 Å². The average Bonchev–Trinajstić information content (AvgIpc) is 3.38. The lowest BCUT2D eigenvalue weighted by atomic mass is 10.1. The van der Waals surface area contributed by atoms with Gasteiger partial charge in [0.25, 0.3) is 0 Å². The zero-order valence-electron chi connectivity index (χ0n) is 13.3. The number of amides is 1. The minimum absolute atomic E-state index is 0.124. The summed E-state index contributed by atoms with van der Waals surface area (Å²) >= 11 is 0. The van der Waals surface area contributed by atoms with Crippen molar-refractivity contribution in [1.82, 2.24) is 14.8 Å². The van der Waals surface area contributed by atoms with Crippen LogP contribution in [0.3, 0.4) is 0 Å². The molecule has 1 aliphatic heterocycles. The number of piperazine rings is 1. The van der Waals surface area contributed by atoms with Crippen molar-refractivity contribution in [1.29, 1.82) is 0 Å². The van der Waals surface area contributed by atoms with Crippen molar-refractivity contribution in [3.05, 3.63) is 30.1 Å². The molecule has 22 heavy (non-hydrogen) atoms. The Morgan fingerprint density at radius 1 is 1.27 bits per heavy atom. The fraction of sp³-hybridized carbons (Fsp3) is 0.647. The van der Waals surface area contributed by atoms with Crippen LogP contribution in [0.1, 0.15) is 38.3 Å². The molecule has 0 bridgehead atoms. The molecule has 2 heterocycles. The second-order valence-electron chi connectivity index (χ2n) is 6.19. The number of carbonyl (C=O) groups excluding carboxylic acids is 1. The minimum Gasteiger partial charge on any atom is -0.449 e. The number of ether oxygens (including phenoxy) is 1. The first-order chi connectivity index (χ1) is 10.8. The van der Waals surface area contributed by atoms with Crippen molar-refractivity contribution in [3.63, 3.8) is 0 Å². The molecule has 5 heteroatoms. The van der Waals surface area contributed by atoms with E-state index in [-0.39, 0.29) is 11.6 Å². The molecule has 1 aliphatic carbocycles. The van der Waals surface area contributed by atoms with Crippen molar-refractivity contribution < 1.29 is 9.53 Å². The van der Waals surface area contributed by atoms with Gasteiger partial charge in [0.15, 0.2) is 0 Å². The smallest absolute Gasteiger partial charge is 0.409 e. The van der Waals surface area contributed by atoms with Crippen molar-refractivity contribution in [3.8, 4) is 0 Å². The first kappa shape index (κ1) is 15.3. The van der Waals surface area contributed by atoms with Crippen LogP contribution in [0.4, 0.5) is 4.79 Å². The summed E-state index contributed by atoms with van der Waals surface area (Å²) in [5, 5.41) is 0. The standard InChI is InChI=1S/C17H25N3O2/c1-2-3-14-22-16(21)19-10-12-20(13-11-19)17(7-8-17)15-6-4-5-9-18-15/h4-6,9H,2-3,7-8,10-14H2,1H3. The molecule has 2 aliphatic rings. The molecule has 0 atom stereocenters. The Bertz CT molecular complexity index is 494. The number of rotatable bonds is 5. The van der Waals surface area contributed by atoms with Gasteiger partial charge in [-0.3, -0.25) is 9.88 Å². The van der Waals surface area contributed by atoms with Gasteiger partial charge in [0, 0.05) is 32.4 Å². The van der Waals surface area contributed by atoms with Crippen molar-refractivity contribution in [2.45, 2.75) is 38.1 Å². The Kier molecular flexibility index (Phi) is 4.62. The van der Waals surface area contributed by atoms with E-state index in [1.807, 2.05) is 17.2 Å². The summed E-state index contributed by atoms with van der Waals surface area (Å²) in [6.07, 6.45) is 6.05. The Balaban J connectivity index is 1.53. The van der Waals surface area contributed by atoms with Gasteiger partial charge in [-0.15, -0.1) is 0 Å². The number of nitrogens with zero attached hydrogens (tertiary/aromatic N) is 3. The summed E-state index contributed by atoms with van der Waals surface area (Å²) < 4.78 is 5.30. The summed E-state index contributed by atoms with van der Waals surface area (Å²) in [7, 11) is 0. The van der Waals surface area contributed by atoms with Crippen LogP contribution in [0, 0.1) is 0 Å². The average molecular weight is 303 g/mol. The number of carbonyl (C=O) groups is 1. The van der Waals surface area contributed by atoms with Crippen LogP contribution < -0.4 is 0 Å². The largest absolute Gasteiger partial charge is 0.449 e. The SMILES string of the molecule is CCCCOC(=O)N1CCN(C2(c3ccccn3)CC2)CC1. The van der Waals surface area contributed by atoms with Crippen LogP contribution in [-0.2, 0) is 10.3 Å². The molecular weight excluding hydrogens is 278 g/mol. The maximum absolute atomic E-state index is 12.0. The van der Waals surface area contributed by atoms with E-state index in [0.29, 0.717) is 6.61 Å². The molecule has 0 aromatic carbocycles. The van der Waals surface area contributed by atoms with Crippen molar-refractivity contribution in [2.24, 2.45) is 0 Å². The van der Waals surface area contributed by atoms with E-state index in [1.165, 1.54) is 18.5 Å². The number of pyridine rings is 1. The van der Waals surface area contributed by atoms with E-state index in [4.69, 9.17) is 4.74 Å². The van der Waals surface area contributed by atoms with Gasteiger partial charge < -0.3 is 9.64 Å². The molecule has 1 saturated carbocycles. The van der Waals surface area contributed by atoms with Gasteiger partial charge in [0.2, 0.25) is 0 Å². The number of aromatic nitrogens is 1. The van der Waals surface area contributed by atoms with E-state index in [2.05, 4.69) is 28.9 Å². The zero-order valence-corrected chi connectivity index (χ0v) is 13.3. The highest BCUT2D eigenvalue weighted by atomic mass is 16.6. The van der Waals surface area contributed by atoms with Crippen LogP contribution in [0.25, 0.3) is 0 Å². The van der Waals surface area contributed by atoms with Gasteiger partial charge in [-0.05, 0) is 31.4 Å². The molecule has 1 aromatic rings. The monoisotopic (exact) mass is 303 g/mol. The van der Waals surface area contributed by atoms with E-state index < -0.39 is 0 Å². The molecule has 0 unspecified atom stereocenters. The van der Waals surface area contributed by atoms with E-state index in [9.17, 15) is 4.79 Å². The minimum atomic E-state index is -0.157. The fourth-order valence-corrected chi connectivity index (χ4v) is 3.20. The third kappa shape index (κ3) is 3.09. The van der Waals surface area contributed by atoms with Gasteiger partial charge in [-0.1, -0.05) is 19.4 Å². The van der Waals surface area contributed by atoms with E-state index in [0.717, 1.165) is 39.0 Å². The van der Waals surface area contributed by atoms with Gasteiger partial charge in [-0.25, -0.2) is 4.79 Å². The predicted octanol–water partition coefficient (Wildman–Crippen LogP) is 2.63. The van der Waals surface area contributed by atoms with Crippen LogP contribution in [0.5, 0.6) is 0 Å². The normalized spacial score (nSPS) is 20.7. The molecular formula is C17H25N3O2. The summed E-state index contributed by atoms with van der Waals surface area (Å²) in [6.45, 7) is 5.94. The highest BCUT2D eigenvalue weighted by Crippen LogP contribution is 2.50. The molecule has 0 N–H and O–H groups in total. The van der Waals surface area contributed by atoms with Gasteiger partial charge in [-0.2, -0.15) is 0 Å². The maximum Gasteiger partial charge on any atom is 0.409 e. The van der Waals surface area contributed by atoms with Crippen LogP contribution in [0.15, 0.2) is 24.4 Å². The third-order valence-corrected chi connectivity index (χ3v) is 4.73.